The lowest BCUT2D eigenvalue weighted by Crippen LogP contribution is -2.64. The second-order valence-corrected chi connectivity index (χ2v) is 7.80. The molecule has 4 rings (SSSR count). The molecular weight excluding hydrogens is 450 g/mol. The van der Waals surface area contributed by atoms with E-state index in [-0.39, 0.29) is 29.7 Å². The number of carboxylic acid groups (broad SMARTS) is 1. The first-order chi connectivity index (χ1) is 15.4. The number of amides is 2. The van der Waals surface area contributed by atoms with Gasteiger partial charge in [-0.3, -0.25) is 14.5 Å². The van der Waals surface area contributed by atoms with Crippen molar-refractivity contribution in [2.45, 2.75) is 18.1 Å². The molecule has 0 saturated carbocycles. The Morgan fingerprint density at radius 2 is 1.85 bits per heavy atom. The first-order valence-corrected chi connectivity index (χ1v) is 9.83. The van der Waals surface area contributed by atoms with Gasteiger partial charge in [-0.2, -0.15) is 13.2 Å². The van der Waals surface area contributed by atoms with Crippen molar-refractivity contribution in [3.8, 4) is 0 Å². The second-order valence-electron chi connectivity index (χ2n) is 7.80. The number of aliphatic carboxylic acids is 1. The van der Waals surface area contributed by atoms with Crippen LogP contribution in [-0.4, -0.2) is 77.6 Å². The highest BCUT2D eigenvalue weighted by molar-refractivity contribution is 5.96. The predicted octanol–water partition coefficient (Wildman–Crippen LogP) is 2.62. The highest BCUT2D eigenvalue weighted by atomic mass is 19.4. The van der Waals surface area contributed by atoms with Gasteiger partial charge in [0.2, 0.25) is 5.91 Å². The Bertz CT molecular complexity index is 1030. The van der Waals surface area contributed by atoms with E-state index in [0.717, 1.165) is 6.42 Å². The van der Waals surface area contributed by atoms with E-state index in [1.807, 2.05) is 11.9 Å². The standard InChI is InChI=1S/C19H20FN3O3.C2HF3O2/c1-21-11-17(24)23(15-5-2-4-14(20)10-15)13-19(21)7-8-22(12-19)18(25)16-6-3-9-26-16;3-2(4,5)1(6)7/h2-6,9-10H,7-8,11-13H2,1H3;(H,6,7). The number of anilines is 1. The van der Waals surface area contributed by atoms with Crippen molar-refractivity contribution in [1.29, 1.82) is 0 Å². The number of carbonyl (C=O) groups is 3. The third-order valence-corrected chi connectivity index (χ3v) is 5.65. The second kappa shape index (κ2) is 9.22. The van der Waals surface area contributed by atoms with E-state index in [2.05, 4.69) is 0 Å². The van der Waals surface area contributed by atoms with Crippen LogP contribution in [0.2, 0.25) is 0 Å². The molecule has 2 aliphatic heterocycles. The number of benzene rings is 1. The topological polar surface area (TPSA) is 94.3 Å². The lowest BCUT2D eigenvalue weighted by atomic mass is 9.92. The molecule has 3 heterocycles. The molecule has 1 N–H and O–H groups in total. The van der Waals surface area contributed by atoms with E-state index >= 15 is 0 Å². The molecule has 1 aromatic carbocycles. The zero-order chi connectivity index (χ0) is 24.4. The lowest BCUT2D eigenvalue weighted by molar-refractivity contribution is -0.192. The Hall–Kier alpha value is -3.41. The average Bonchev–Trinajstić information content (AvgIpc) is 3.41. The summed E-state index contributed by atoms with van der Waals surface area (Å²) in [6.45, 7) is 1.75. The maximum absolute atomic E-state index is 13.6. The van der Waals surface area contributed by atoms with Crippen LogP contribution in [0.5, 0.6) is 0 Å². The maximum atomic E-state index is 13.6. The summed E-state index contributed by atoms with van der Waals surface area (Å²) in [5, 5.41) is 7.12. The summed E-state index contributed by atoms with van der Waals surface area (Å²) in [7, 11) is 1.90. The minimum absolute atomic E-state index is 0.0699. The Morgan fingerprint density at radius 3 is 2.42 bits per heavy atom. The minimum Gasteiger partial charge on any atom is -0.475 e. The zero-order valence-corrected chi connectivity index (χ0v) is 17.5. The smallest absolute Gasteiger partial charge is 0.475 e. The molecule has 0 radical (unpaired) electrons. The summed E-state index contributed by atoms with van der Waals surface area (Å²) >= 11 is 0. The number of furan rings is 1. The first kappa shape index (κ1) is 24.2. The summed E-state index contributed by atoms with van der Waals surface area (Å²) < 4.78 is 50.6. The number of alkyl halides is 3. The van der Waals surface area contributed by atoms with Gasteiger partial charge in [0.15, 0.2) is 5.76 Å². The first-order valence-electron chi connectivity index (χ1n) is 9.83. The Kier molecular flexibility index (Phi) is 6.77. The van der Waals surface area contributed by atoms with Gasteiger partial charge in [-0.15, -0.1) is 0 Å². The van der Waals surface area contributed by atoms with E-state index in [9.17, 15) is 27.2 Å². The van der Waals surface area contributed by atoms with Crippen molar-refractivity contribution in [3.05, 3.63) is 54.2 Å². The van der Waals surface area contributed by atoms with Crippen molar-refractivity contribution >= 4 is 23.5 Å². The van der Waals surface area contributed by atoms with Gasteiger partial charge in [0.25, 0.3) is 5.91 Å². The molecule has 0 bridgehead atoms. The fraction of sp³-hybridized carbons (Fsp3) is 0.381. The van der Waals surface area contributed by atoms with Crippen molar-refractivity contribution < 1.29 is 41.5 Å². The van der Waals surface area contributed by atoms with Gasteiger partial charge >= 0.3 is 12.1 Å². The van der Waals surface area contributed by atoms with Gasteiger partial charge in [-0.1, -0.05) is 6.07 Å². The highest BCUT2D eigenvalue weighted by Gasteiger charge is 2.49. The molecule has 8 nitrogen and oxygen atoms in total. The van der Waals surface area contributed by atoms with E-state index in [1.54, 1.807) is 34.1 Å². The molecule has 33 heavy (non-hydrogen) atoms. The zero-order valence-electron chi connectivity index (χ0n) is 17.5. The van der Waals surface area contributed by atoms with Crippen LogP contribution >= 0.6 is 0 Å². The SMILES string of the molecule is CN1CC(=O)N(c2cccc(F)c2)CC12CCN(C(=O)c1ccco1)C2.O=C(O)C(F)(F)F. The molecule has 2 fully saturated rings. The van der Waals surface area contributed by atoms with Crippen LogP contribution in [-0.2, 0) is 9.59 Å². The quantitative estimate of drug-likeness (QED) is 0.677. The van der Waals surface area contributed by atoms with Crippen molar-refractivity contribution in [3.63, 3.8) is 0 Å². The number of carboxylic acids is 1. The number of carbonyl (C=O) groups excluding carboxylic acids is 2. The molecule has 12 heteroatoms. The van der Waals surface area contributed by atoms with Crippen LogP contribution in [0, 0.1) is 5.82 Å². The Morgan fingerprint density at radius 1 is 1.15 bits per heavy atom. The van der Waals surface area contributed by atoms with Crippen molar-refractivity contribution in [2.75, 3.05) is 38.1 Å². The summed E-state index contributed by atoms with van der Waals surface area (Å²) in [6.07, 6.45) is -2.86. The number of hydrogen-bond donors (Lipinski definition) is 1. The third-order valence-electron chi connectivity index (χ3n) is 5.65. The van der Waals surface area contributed by atoms with Crippen LogP contribution < -0.4 is 4.90 Å². The summed E-state index contributed by atoms with van der Waals surface area (Å²) in [5.41, 5.74) is 0.209. The normalized spacial score (nSPS) is 21.2. The van der Waals surface area contributed by atoms with E-state index in [4.69, 9.17) is 14.3 Å². The number of likely N-dealkylation sites (N-methyl/N-ethyl adjacent to an activating group) is 1. The van der Waals surface area contributed by atoms with Crippen molar-refractivity contribution in [2.24, 2.45) is 0 Å². The number of piperazine rings is 1. The average molecular weight is 471 g/mol. The third kappa shape index (κ3) is 5.33. The highest BCUT2D eigenvalue weighted by Crippen LogP contribution is 2.34. The molecule has 1 aromatic heterocycles. The molecule has 1 atom stereocenters. The number of halogens is 4. The lowest BCUT2D eigenvalue weighted by Gasteiger charge is -2.46. The van der Waals surface area contributed by atoms with Gasteiger partial charge in [-0.05, 0) is 43.8 Å². The maximum Gasteiger partial charge on any atom is 0.490 e. The van der Waals surface area contributed by atoms with Gasteiger partial charge in [0.1, 0.15) is 5.82 Å². The summed E-state index contributed by atoms with van der Waals surface area (Å²) in [6, 6.07) is 9.42. The molecule has 2 aliphatic rings. The van der Waals surface area contributed by atoms with E-state index in [1.165, 1.54) is 18.4 Å². The molecule has 2 amide bonds. The monoisotopic (exact) mass is 471 g/mol. The van der Waals surface area contributed by atoms with Crippen LogP contribution in [0.25, 0.3) is 0 Å². The molecule has 2 aromatic rings. The summed E-state index contributed by atoms with van der Waals surface area (Å²) in [5.74, 6) is -3.02. The molecular formula is C21H21F4N3O5. The predicted molar refractivity (Wildman–Crippen MR) is 107 cm³/mol. The van der Waals surface area contributed by atoms with Crippen molar-refractivity contribution in [1.82, 2.24) is 9.80 Å². The molecule has 2 saturated heterocycles. The molecule has 178 valence electrons. The fourth-order valence-electron chi connectivity index (χ4n) is 3.86. The summed E-state index contributed by atoms with van der Waals surface area (Å²) in [4.78, 5) is 39.4. The van der Waals surface area contributed by atoms with E-state index in [0.29, 0.717) is 31.1 Å². The van der Waals surface area contributed by atoms with Crippen LogP contribution in [0.3, 0.4) is 0 Å². The minimum atomic E-state index is -5.08. The number of rotatable bonds is 2. The van der Waals surface area contributed by atoms with E-state index < -0.39 is 12.1 Å². The van der Waals surface area contributed by atoms with Crippen LogP contribution in [0.15, 0.2) is 47.1 Å². The molecule has 0 aliphatic carbocycles. The Balaban J connectivity index is 0.000000383. The number of likely N-dealkylation sites (tertiary alicyclic amines) is 1. The number of hydrogen-bond acceptors (Lipinski definition) is 5. The molecule has 1 unspecified atom stereocenters. The Labute approximate surface area is 186 Å². The largest absolute Gasteiger partial charge is 0.490 e. The number of nitrogens with zero attached hydrogens (tertiary/aromatic N) is 3. The van der Waals surface area contributed by atoms with Crippen LogP contribution in [0.4, 0.5) is 23.2 Å². The van der Waals surface area contributed by atoms with Gasteiger partial charge in [0, 0.05) is 25.3 Å². The molecule has 1 spiro atoms. The van der Waals surface area contributed by atoms with Crippen LogP contribution in [0.1, 0.15) is 17.0 Å². The van der Waals surface area contributed by atoms with Gasteiger partial charge in [0.05, 0.1) is 18.3 Å². The van der Waals surface area contributed by atoms with Gasteiger partial charge < -0.3 is 19.3 Å². The fourth-order valence-corrected chi connectivity index (χ4v) is 3.86. The van der Waals surface area contributed by atoms with Gasteiger partial charge in [-0.25, -0.2) is 9.18 Å².